The topological polar surface area (TPSA) is 0 Å². The van der Waals surface area contributed by atoms with Crippen LogP contribution in [0.15, 0.2) is 53.4 Å². The van der Waals surface area contributed by atoms with Crippen molar-refractivity contribution in [2.24, 2.45) is 0 Å². The first-order valence-corrected chi connectivity index (χ1v) is 5.85. The lowest BCUT2D eigenvalue weighted by Crippen LogP contribution is -1.86. The average molecular weight is 236 g/mol. The van der Waals surface area contributed by atoms with Crippen molar-refractivity contribution in [1.82, 2.24) is 0 Å². The molecule has 0 aliphatic carbocycles. The van der Waals surface area contributed by atoms with E-state index in [0.29, 0.717) is 11.3 Å². The van der Waals surface area contributed by atoms with Gasteiger partial charge in [-0.1, -0.05) is 18.2 Å². The summed E-state index contributed by atoms with van der Waals surface area (Å²) in [5.74, 6) is -0.481. The van der Waals surface area contributed by atoms with Crippen LogP contribution in [0.3, 0.4) is 0 Å². The Kier molecular flexibility index (Phi) is 3.57. The van der Waals surface area contributed by atoms with Crippen molar-refractivity contribution in [3.8, 4) is 0 Å². The Morgan fingerprint density at radius 3 is 2.12 bits per heavy atom. The molecular weight excluding hydrogens is 226 g/mol. The quantitative estimate of drug-likeness (QED) is 0.718. The van der Waals surface area contributed by atoms with Crippen LogP contribution in [0.2, 0.25) is 0 Å². The van der Waals surface area contributed by atoms with E-state index in [1.54, 1.807) is 11.8 Å². The fraction of sp³-hybridized carbons (Fsp3) is 0.0769. The molecule has 2 rings (SSSR count). The molecule has 3 heteroatoms. The van der Waals surface area contributed by atoms with Gasteiger partial charge in [0.25, 0.3) is 0 Å². The maximum Gasteiger partial charge on any atom is 0.126 e. The van der Waals surface area contributed by atoms with E-state index in [1.807, 2.05) is 30.3 Å². The third-order valence-corrected chi connectivity index (χ3v) is 3.15. The normalized spacial score (nSPS) is 10.4. The summed E-state index contributed by atoms with van der Waals surface area (Å²) in [5.41, 5.74) is 0.659. The van der Waals surface area contributed by atoms with E-state index in [4.69, 9.17) is 0 Å². The minimum absolute atomic E-state index is 0.524. The number of rotatable bonds is 3. The molecule has 0 N–H and O–H groups in total. The van der Waals surface area contributed by atoms with Crippen molar-refractivity contribution >= 4 is 11.8 Å². The molecule has 0 unspecified atom stereocenters. The first kappa shape index (κ1) is 11.1. The van der Waals surface area contributed by atoms with E-state index < -0.39 is 11.6 Å². The van der Waals surface area contributed by atoms with Crippen LogP contribution in [0.25, 0.3) is 0 Å². The zero-order valence-electron chi connectivity index (χ0n) is 8.49. The van der Waals surface area contributed by atoms with E-state index in [0.717, 1.165) is 11.0 Å². The summed E-state index contributed by atoms with van der Waals surface area (Å²) < 4.78 is 25.8. The maximum atomic E-state index is 12.9. The molecule has 0 heterocycles. The van der Waals surface area contributed by atoms with Gasteiger partial charge in [-0.15, -0.1) is 11.8 Å². The predicted octanol–water partition coefficient (Wildman–Crippen LogP) is 4.26. The van der Waals surface area contributed by atoms with Gasteiger partial charge in [-0.05, 0) is 29.8 Å². The van der Waals surface area contributed by atoms with Crippen LogP contribution in [0, 0.1) is 11.6 Å². The molecule has 2 aromatic carbocycles. The van der Waals surface area contributed by atoms with Gasteiger partial charge in [-0.2, -0.15) is 0 Å². The monoisotopic (exact) mass is 236 g/mol. The zero-order chi connectivity index (χ0) is 11.4. The van der Waals surface area contributed by atoms with Crippen molar-refractivity contribution in [3.05, 3.63) is 65.7 Å². The fourth-order valence-corrected chi connectivity index (χ4v) is 2.23. The Bertz CT molecular complexity index is 448. The molecular formula is C13H10F2S. The summed E-state index contributed by atoms with van der Waals surface area (Å²) in [4.78, 5) is 1.09. The summed E-state index contributed by atoms with van der Waals surface area (Å²) in [6.45, 7) is 0. The predicted molar refractivity (Wildman–Crippen MR) is 62.4 cm³/mol. The molecule has 0 amide bonds. The fourth-order valence-electron chi connectivity index (χ4n) is 1.38. The molecule has 0 aromatic heterocycles. The number of halogens is 2. The Morgan fingerprint density at radius 1 is 0.875 bits per heavy atom. The summed E-state index contributed by atoms with van der Waals surface area (Å²) in [5, 5.41) is 0. The highest BCUT2D eigenvalue weighted by molar-refractivity contribution is 7.98. The lowest BCUT2D eigenvalue weighted by atomic mass is 10.2. The number of benzene rings is 2. The molecule has 0 radical (unpaired) electrons. The number of thioether (sulfide) groups is 1. The van der Waals surface area contributed by atoms with Gasteiger partial charge in [0.05, 0.1) is 0 Å². The summed E-state index contributed by atoms with van der Waals surface area (Å²) in [6.07, 6.45) is 0. The van der Waals surface area contributed by atoms with Gasteiger partial charge in [0.15, 0.2) is 0 Å². The maximum absolute atomic E-state index is 12.9. The van der Waals surface area contributed by atoms with E-state index in [1.165, 1.54) is 12.1 Å². The van der Waals surface area contributed by atoms with Gasteiger partial charge < -0.3 is 0 Å². The second-order valence-corrected chi connectivity index (χ2v) is 4.43. The Labute approximate surface area is 97.3 Å². The Morgan fingerprint density at radius 2 is 1.50 bits per heavy atom. The molecule has 0 saturated heterocycles. The highest BCUT2D eigenvalue weighted by Gasteiger charge is 2.01. The van der Waals surface area contributed by atoms with Gasteiger partial charge in [0.2, 0.25) is 0 Å². The van der Waals surface area contributed by atoms with Gasteiger partial charge >= 0.3 is 0 Å². The third-order valence-electron chi connectivity index (χ3n) is 2.07. The summed E-state index contributed by atoms with van der Waals surface area (Å²) in [7, 11) is 0. The molecule has 0 aliphatic heterocycles. The molecule has 0 bridgehead atoms. The van der Waals surface area contributed by atoms with Crippen LogP contribution in [0.1, 0.15) is 5.56 Å². The zero-order valence-corrected chi connectivity index (χ0v) is 9.31. The van der Waals surface area contributed by atoms with Crippen LogP contribution in [-0.2, 0) is 5.75 Å². The van der Waals surface area contributed by atoms with Crippen molar-refractivity contribution < 1.29 is 8.78 Å². The lowest BCUT2D eigenvalue weighted by molar-refractivity contribution is 0.581. The smallest absolute Gasteiger partial charge is 0.126 e. The molecule has 0 nitrogen and oxygen atoms in total. The molecule has 2 aromatic rings. The third kappa shape index (κ3) is 3.07. The molecule has 0 saturated carbocycles. The van der Waals surface area contributed by atoms with Gasteiger partial charge in [-0.25, -0.2) is 8.78 Å². The van der Waals surface area contributed by atoms with Gasteiger partial charge in [0, 0.05) is 16.7 Å². The Hall–Kier alpha value is -1.35. The Balaban J connectivity index is 2.05. The highest BCUT2D eigenvalue weighted by Crippen LogP contribution is 2.22. The van der Waals surface area contributed by atoms with E-state index in [-0.39, 0.29) is 0 Å². The molecule has 82 valence electrons. The van der Waals surface area contributed by atoms with Gasteiger partial charge in [0.1, 0.15) is 11.6 Å². The highest BCUT2D eigenvalue weighted by atomic mass is 32.2. The van der Waals surface area contributed by atoms with Crippen molar-refractivity contribution in [2.45, 2.75) is 10.6 Å². The van der Waals surface area contributed by atoms with Crippen LogP contribution in [-0.4, -0.2) is 0 Å². The minimum atomic E-state index is -0.524. The van der Waals surface area contributed by atoms with E-state index in [2.05, 4.69) is 0 Å². The summed E-state index contributed by atoms with van der Waals surface area (Å²) in [6, 6.07) is 13.4. The van der Waals surface area contributed by atoms with Gasteiger partial charge in [-0.3, -0.25) is 0 Å². The van der Waals surface area contributed by atoms with Crippen molar-refractivity contribution in [1.29, 1.82) is 0 Å². The van der Waals surface area contributed by atoms with Crippen LogP contribution < -0.4 is 0 Å². The minimum Gasteiger partial charge on any atom is -0.207 e. The van der Waals surface area contributed by atoms with Crippen molar-refractivity contribution in [2.75, 3.05) is 0 Å². The van der Waals surface area contributed by atoms with E-state index >= 15 is 0 Å². The lowest BCUT2D eigenvalue weighted by Gasteiger charge is -2.02. The molecule has 0 aliphatic rings. The number of hydrogen-bond acceptors (Lipinski definition) is 1. The molecule has 0 atom stereocenters. The second-order valence-electron chi connectivity index (χ2n) is 3.38. The first-order valence-electron chi connectivity index (χ1n) is 4.87. The molecule has 0 fully saturated rings. The van der Waals surface area contributed by atoms with Crippen LogP contribution >= 0.6 is 11.8 Å². The largest absolute Gasteiger partial charge is 0.207 e. The van der Waals surface area contributed by atoms with Crippen molar-refractivity contribution in [3.63, 3.8) is 0 Å². The second kappa shape index (κ2) is 5.12. The summed E-state index contributed by atoms with van der Waals surface area (Å²) >= 11 is 1.56. The van der Waals surface area contributed by atoms with Crippen LogP contribution in [0.5, 0.6) is 0 Å². The average Bonchev–Trinajstić information content (AvgIpc) is 2.27. The van der Waals surface area contributed by atoms with E-state index in [9.17, 15) is 8.78 Å². The molecule has 0 spiro atoms. The molecule has 16 heavy (non-hydrogen) atoms. The standard InChI is InChI=1S/C13H10F2S/c14-11-6-10(7-12(15)8-11)9-16-13-4-2-1-3-5-13/h1-8H,9H2. The number of hydrogen-bond donors (Lipinski definition) is 0. The SMILES string of the molecule is Fc1cc(F)cc(CSc2ccccc2)c1. The first-order chi connectivity index (χ1) is 7.74. The van der Waals surface area contributed by atoms with Crippen LogP contribution in [0.4, 0.5) is 8.78 Å².